The number of aldehydes is 1. The summed E-state index contributed by atoms with van der Waals surface area (Å²) >= 11 is 0. The van der Waals surface area contributed by atoms with Gasteiger partial charge in [0.05, 0.1) is 19.3 Å². The topological polar surface area (TPSA) is 120 Å². The zero-order valence-corrected chi connectivity index (χ0v) is 13.6. The molecule has 0 saturated carbocycles. The van der Waals surface area contributed by atoms with Crippen LogP contribution in [0.4, 0.5) is 0 Å². The molecular formula is C15H26N4O4. The highest BCUT2D eigenvalue weighted by molar-refractivity contribution is 5.89. The van der Waals surface area contributed by atoms with Crippen LogP contribution in [-0.4, -0.2) is 48.6 Å². The summed E-state index contributed by atoms with van der Waals surface area (Å²) in [5.41, 5.74) is 0.920. The Morgan fingerprint density at radius 2 is 2.13 bits per heavy atom. The number of aliphatic hydroxyl groups excluding tert-OH is 1. The van der Waals surface area contributed by atoms with Gasteiger partial charge in [0.2, 0.25) is 11.8 Å². The van der Waals surface area contributed by atoms with Crippen molar-refractivity contribution in [1.82, 2.24) is 21.3 Å². The Balaban J connectivity index is 2.42. The SMILES string of the molecule is CC(C)C[C@@H](C=O)NC(=O)[C@H](CO)NC(=O)CCC1=CNCN1. The number of amides is 2. The average molecular weight is 326 g/mol. The van der Waals surface area contributed by atoms with Crippen LogP contribution in [0.25, 0.3) is 0 Å². The predicted octanol–water partition coefficient (Wildman–Crippen LogP) is -1.03. The van der Waals surface area contributed by atoms with Crippen molar-refractivity contribution in [3.05, 3.63) is 11.9 Å². The van der Waals surface area contributed by atoms with Crippen molar-refractivity contribution in [3.63, 3.8) is 0 Å². The zero-order chi connectivity index (χ0) is 17.2. The maximum absolute atomic E-state index is 12.0. The van der Waals surface area contributed by atoms with Crippen molar-refractivity contribution < 1.29 is 19.5 Å². The first-order valence-corrected chi connectivity index (χ1v) is 7.78. The van der Waals surface area contributed by atoms with Gasteiger partial charge in [0, 0.05) is 18.3 Å². The van der Waals surface area contributed by atoms with Crippen molar-refractivity contribution >= 4 is 18.1 Å². The van der Waals surface area contributed by atoms with Gasteiger partial charge >= 0.3 is 0 Å². The van der Waals surface area contributed by atoms with Gasteiger partial charge in [-0.3, -0.25) is 9.59 Å². The van der Waals surface area contributed by atoms with Crippen LogP contribution in [0, 0.1) is 5.92 Å². The van der Waals surface area contributed by atoms with E-state index >= 15 is 0 Å². The summed E-state index contributed by atoms with van der Waals surface area (Å²) in [6.45, 7) is 4.00. The fraction of sp³-hybridized carbons (Fsp3) is 0.667. The third kappa shape index (κ3) is 7.14. The van der Waals surface area contributed by atoms with Crippen LogP contribution < -0.4 is 21.3 Å². The summed E-state index contributed by atoms with van der Waals surface area (Å²) in [6.07, 6.45) is 3.69. The molecule has 5 N–H and O–H groups in total. The van der Waals surface area contributed by atoms with Gasteiger partial charge in [-0.25, -0.2) is 0 Å². The van der Waals surface area contributed by atoms with Gasteiger partial charge < -0.3 is 31.2 Å². The number of rotatable bonds is 10. The molecule has 0 spiro atoms. The third-order valence-corrected chi connectivity index (χ3v) is 3.37. The fourth-order valence-corrected chi connectivity index (χ4v) is 2.20. The molecule has 0 unspecified atom stereocenters. The minimum atomic E-state index is -1.05. The van der Waals surface area contributed by atoms with Crippen LogP contribution in [0.1, 0.15) is 33.1 Å². The molecule has 0 aliphatic carbocycles. The smallest absolute Gasteiger partial charge is 0.245 e. The van der Waals surface area contributed by atoms with Crippen molar-refractivity contribution in [1.29, 1.82) is 0 Å². The Bertz CT molecular complexity index is 451. The van der Waals surface area contributed by atoms with Crippen LogP contribution >= 0.6 is 0 Å². The third-order valence-electron chi connectivity index (χ3n) is 3.37. The molecule has 0 radical (unpaired) electrons. The van der Waals surface area contributed by atoms with E-state index in [-0.39, 0.29) is 18.2 Å². The summed E-state index contributed by atoms with van der Waals surface area (Å²) in [5.74, 6) is -0.646. The standard InChI is InChI=1S/C15H26N4O4/c1-10(2)5-12(7-20)18-15(23)13(8-21)19-14(22)4-3-11-6-16-9-17-11/h6-7,10,12-13,16-17,21H,3-5,8-9H2,1-2H3,(H,18,23)(H,19,22)/t12-,13-/m0/s1. The van der Waals surface area contributed by atoms with Crippen LogP contribution in [0.5, 0.6) is 0 Å². The molecule has 0 aromatic heterocycles. The minimum absolute atomic E-state index is 0.202. The molecule has 1 aliphatic heterocycles. The maximum Gasteiger partial charge on any atom is 0.245 e. The van der Waals surface area contributed by atoms with E-state index in [9.17, 15) is 19.5 Å². The second kappa shape index (κ2) is 9.83. The van der Waals surface area contributed by atoms with Gasteiger partial charge in [0.15, 0.2) is 0 Å². The lowest BCUT2D eigenvalue weighted by atomic mass is 10.0. The molecule has 0 aromatic carbocycles. The van der Waals surface area contributed by atoms with Crippen molar-refractivity contribution in [2.45, 2.75) is 45.2 Å². The number of nitrogens with one attached hydrogen (secondary N) is 4. The van der Waals surface area contributed by atoms with E-state index in [4.69, 9.17) is 0 Å². The second-order valence-corrected chi connectivity index (χ2v) is 5.91. The number of carbonyl (C=O) groups excluding carboxylic acids is 3. The molecular weight excluding hydrogens is 300 g/mol. The van der Waals surface area contributed by atoms with E-state index in [0.717, 1.165) is 5.70 Å². The Labute approximate surface area is 136 Å². The number of carbonyl (C=O) groups is 3. The van der Waals surface area contributed by atoms with Gasteiger partial charge in [-0.2, -0.15) is 0 Å². The molecule has 2 atom stereocenters. The van der Waals surface area contributed by atoms with E-state index in [2.05, 4.69) is 21.3 Å². The van der Waals surface area contributed by atoms with Crippen LogP contribution in [0.15, 0.2) is 11.9 Å². The van der Waals surface area contributed by atoms with Gasteiger partial charge in [0.25, 0.3) is 0 Å². The number of hydrogen-bond donors (Lipinski definition) is 5. The lowest BCUT2D eigenvalue weighted by molar-refractivity contribution is -0.131. The van der Waals surface area contributed by atoms with Gasteiger partial charge in [0.1, 0.15) is 12.3 Å². The summed E-state index contributed by atoms with van der Waals surface area (Å²) in [6, 6.07) is -1.67. The predicted molar refractivity (Wildman–Crippen MR) is 84.9 cm³/mol. The van der Waals surface area contributed by atoms with E-state index in [1.807, 2.05) is 13.8 Å². The molecule has 0 bridgehead atoms. The van der Waals surface area contributed by atoms with E-state index in [0.29, 0.717) is 25.8 Å². The Morgan fingerprint density at radius 1 is 1.39 bits per heavy atom. The largest absolute Gasteiger partial charge is 0.394 e. The summed E-state index contributed by atoms with van der Waals surface area (Å²) < 4.78 is 0. The van der Waals surface area contributed by atoms with Gasteiger partial charge in [-0.15, -0.1) is 0 Å². The minimum Gasteiger partial charge on any atom is -0.394 e. The number of aliphatic hydroxyl groups is 1. The molecule has 23 heavy (non-hydrogen) atoms. The summed E-state index contributed by atoms with van der Waals surface area (Å²) in [4.78, 5) is 34.9. The zero-order valence-electron chi connectivity index (χ0n) is 13.6. The molecule has 8 nitrogen and oxygen atoms in total. The lowest BCUT2D eigenvalue weighted by Crippen LogP contribution is -2.52. The first-order chi connectivity index (χ1) is 11.0. The first-order valence-electron chi connectivity index (χ1n) is 7.78. The van der Waals surface area contributed by atoms with Crippen molar-refractivity contribution in [2.75, 3.05) is 13.3 Å². The van der Waals surface area contributed by atoms with Crippen LogP contribution in [0.2, 0.25) is 0 Å². The van der Waals surface area contributed by atoms with E-state index in [1.54, 1.807) is 6.20 Å². The number of hydrogen-bond acceptors (Lipinski definition) is 6. The first kappa shape index (κ1) is 19.0. The highest BCUT2D eigenvalue weighted by atomic mass is 16.3. The monoisotopic (exact) mass is 326 g/mol. The molecule has 1 heterocycles. The molecule has 0 saturated heterocycles. The Morgan fingerprint density at radius 3 is 2.65 bits per heavy atom. The summed E-state index contributed by atoms with van der Waals surface area (Å²) in [5, 5.41) is 20.3. The van der Waals surface area contributed by atoms with Gasteiger partial charge in [-0.05, 0) is 18.8 Å². The Kier molecular flexibility index (Phi) is 8.10. The van der Waals surface area contributed by atoms with Crippen molar-refractivity contribution in [3.8, 4) is 0 Å². The normalized spacial score (nSPS) is 15.9. The van der Waals surface area contributed by atoms with E-state index < -0.39 is 24.6 Å². The second-order valence-electron chi connectivity index (χ2n) is 5.91. The highest BCUT2D eigenvalue weighted by Gasteiger charge is 2.23. The molecule has 1 aliphatic rings. The van der Waals surface area contributed by atoms with E-state index in [1.165, 1.54) is 0 Å². The quantitative estimate of drug-likeness (QED) is 0.327. The Hall–Kier alpha value is -2.09. The van der Waals surface area contributed by atoms with Crippen molar-refractivity contribution in [2.24, 2.45) is 5.92 Å². The molecule has 0 aromatic rings. The molecule has 0 fully saturated rings. The average Bonchev–Trinajstić information content (AvgIpc) is 3.02. The van der Waals surface area contributed by atoms with Crippen LogP contribution in [-0.2, 0) is 14.4 Å². The van der Waals surface area contributed by atoms with Gasteiger partial charge in [-0.1, -0.05) is 13.8 Å². The molecule has 8 heteroatoms. The maximum atomic E-state index is 12.0. The molecule has 2 amide bonds. The lowest BCUT2D eigenvalue weighted by Gasteiger charge is -2.20. The van der Waals surface area contributed by atoms with Crippen LogP contribution in [0.3, 0.4) is 0 Å². The highest BCUT2D eigenvalue weighted by Crippen LogP contribution is 2.04. The molecule has 130 valence electrons. The molecule has 1 rings (SSSR count). The fourth-order valence-electron chi connectivity index (χ4n) is 2.20. The number of allylic oxidation sites excluding steroid dienone is 1. The summed E-state index contributed by atoms with van der Waals surface area (Å²) in [7, 11) is 0.